The minimum Gasteiger partial charge on any atom is -0.354 e. The van der Waals surface area contributed by atoms with Crippen LogP contribution in [0.15, 0.2) is 77.7 Å². The first-order chi connectivity index (χ1) is 14.1. The first-order valence-electron chi connectivity index (χ1n) is 9.88. The van der Waals surface area contributed by atoms with Gasteiger partial charge in [-0.25, -0.2) is 8.42 Å². The van der Waals surface area contributed by atoms with Gasteiger partial charge in [-0.3, -0.25) is 4.79 Å². The minimum absolute atomic E-state index is 0.220. The summed E-state index contributed by atoms with van der Waals surface area (Å²) >= 11 is 0. The second-order valence-electron chi connectivity index (χ2n) is 7.31. The fourth-order valence-corrected chi connectivity index (χ4v) is 5.54. The summed E-state index contributed by atoms with van der Waals surface area (Å²) in [5, 5.41) is 4.77. The molecule has 3 aromatic rings. The van der Waals surface area contributed by atoms with Crippen LogP contribution in [0.1, 0.15) is 18.4 Å². The standard InChI is InChI=1S/C23H24N2O3S/c26-23(24-15-14-18-7-2-1-3-8-18)22-11-6-16-25(22)29(27,28)21-13-12-19-9-4-5-10-20(19)17-21/h1-5,7-10,12-13,17,22H,6,11,14-16H2,(H,24,26)/t22-/m0/s1. The van der Waals surface area contributed by atoms with Crippen LogP contribution in [-0.4, -0.2) is 37.8 Å². The summed E-state index contributed by atoms with van der Waals surface area (Å²) < 4.78 is 27.8. The Bertz CT molecular complexity index is 1110. The topological polar surface area (TPSA) is 66.5 Å². The molecule has 0 bridgehead atoms. The van der Waals surface area contributed by atoms with Crippen molar-refractivity contribution < 1.29 is 13.2 Å². The van der Waals surface area contributed by atoms with Gasteiger partial charge < -0.3 is 5.32 Å². The van der Waals surface area contributed by atoms with Gasteiger partial charge in [-0.05, 0) is 47.7 Å². The largest absolute Gasteiger partial charge is 0.354 e. The molecule has 4 rings (SSSR count). The van der Waals surface area contributed by atoms with Gasteiger partial charge >= 0.3 is 0 Å². The number of nitrogens with zero attached hydrogens (tertiary/aromatic N) is 1. The van der Waals surface area contributed by atoms with Gasteiger partial charge in [0.15, 0.2) is 0 Å². The second-order valence-corrected chi connectivity index (χ2v) is 9.20. The van der Waals surface area contributed by atoms with Crippen LogP contribution in [0.4, 0.5) is 0 Å². The lowest BCUT2D eigenvalue weighted by Gasteiger charge is -2.23. The lowest BCUT2D eigenvalue weighted by atomic mass is 10.1. The van der Waals surface area contributed by atoms with Crippen LogP contribution in [0, 0.1) is 0 Å². The van der Waals surface area contributed by atoms with E-state index in [1.165, 1.54) is 4.31 Å². The Morgan fingerprint density at radius 2 is 1.69 bits per heavy atom. The molecule has 29 heavy (non-hydrogen) atoms. The zero-order valence-corrected chi connectivity index (χ0v) is 16.9. The molecule has 150 valence electrons. The number of nitrogens with one attached hydrogen (secondary N) is 1. The maximum atomic E-state index is 13.2. The maximum Gasteiger partial charge on any atom is 0.243 e. The number of fused-ring (bicyclic) bond motifs is 1. The summed E-state index contributed by atoms with van der Waals surface area (Å²) in [4.78, 5) is 13.0. The molecule has 6 heteroatoms. The summed E-state index contributed by atoms with van der Waals surface area (Å²) in [6.07, 6.45) is 1.95. The highest BCUT2D eigenvalue weighted by molar-refractivity contribution is 7.89. The molecule has 1 heterocycles. The Labute approximate surface area is 171 Å². The lowest BCUT2D eigenvalue weighted by Crippen LogP contribution is -2.46. The van der Waals surface area contributed by atoms with E-state index in [0.29, 0.717) is 25.9 Å². The van der Waals surface area contributed by atoms with Crippen LogP contribution in [0.2, 0.25) is 0 Å². The van der Waals surface area contributed by atoms with Crippen LogP contribution in [0.5, 0.6) is 0 Å². The van der Waals surface area contributed by atoms with Gasteiger partial charge in [0.25, 0.3) is 0 Å². The van der Waals surface area contributed by atoms with Crippen molar-refractivity contribution >= 4 is 26.7 Å². The Kier molecular flexibility index (Phi) is 5.65. The molecule has 1 aliphatic heterocycles. The third-order valence-electron chi connectivity index (χ3n) is 5.39. The normalized spacial score (nSPS) is 17.4. The van der Waals surface area contributed by atoms with Crippen molar-refractivity contribution in [3.8, 4) is 0 Å². The summed E-state index contributed by atoms with van der Waals surface area (Å²) in [6.45, 7) is 0.856. The van der Waals surface area contributed by atoms with E-state index in [4.69, 9.17) is 0 Å². The number of hydrogen-bond donors (Lipinski definition) is 1. The highest BCUT2D eigenvalue weighted by Gasteiger charge is 2.39. The molecule has 1 fully saturated rings. The summed E-state index contributed by atoms with van der Waals surface area (Å²) in [5.74, 6) is -0.220. The second kappa shape index (κ2) is 8.35. The molecule has 1 atom stereocenters. The first-order valence-corrected chi connectivity index (χ1v) is 11.3. The molecule has 5 nitrogen and oxygen atoms in total. The number of benzene rings is 3. The summed E-state index contributed by atoms with van der Waals surface area (Å²) in [5.41, 5.74) is 1.14. The van der Waals surface area contributed by atoms with Gasteiger partial charge in [-0.1, -0.05) is 60.7 Å². The molecule has 0 spiro atoms. The third-order valence-corrected chi connectivity index (χ3v) is 7.29. The molecular formula is C23H24N2O3S. The predicted molar refractivity (Wildman–Crippen MR) is 114 cm³/mol. The van der Waals surface area contributed by atoms with Crippen LogP contribution in [-0.2, 0) is 21.2 Å². The van der Waals surface area contributed by atoms with Crippen molar-refractivity contribution in [2.24, 2.45) is 0 Å². The van der Waals surface area contributed by atoms with Crippen LogP contribution in [0.3, 0.4) is 0 Å². The predicted octanol–water partition coefficient (Wildman–Crippen LogP) is 3.35. The van der Waals surface area contributed by atoms with Crippen molar-refractivity contribution in [1.29, 1.82) is 0 Å². The molecule has 3 aromatic carbocycles. The minimum atomic E-state index is -3.73. The van der Waals surface area contributed by atoms with Gasteiger partial charge in [0.1, 0.15) is 6.04 Å². The number of rotatable bonds is 6. The molecule has 0 aliphatic carbocycles. The van der Waals surface area contributed by atoms with Crippen molar-refractivity contribution in [2.45, 2.75) is 30.2 Å². The number of amides is 1. The molecule has 0 saturated carbocycles. The van der Waals surface area contributed by atoms with E-state index in [-0.39, 0.29) is 10.8 Å². The molecule has 0 radical (unpaired) electrons. The van der Waals surface area contributed by atoms with E-state index in [1.54, 1.807) is 12.1 Å². The lowest BCUT2D eigenvalue weighted by molar-refractivity contribution is -0.124. The average molecular weight is 409 g/mol. The van der Waals surface area contributed by atoms with Gasteiger partial charge in [-0.2, -0.15) is 4.31 Å². The highest BCUT2D eigenvalue weighted by atomic mass is 32.2. The summed E-state index contributed by atoms with van der Waals surface area (Å²) in [7, 11) is -3.73. The SMILES string of the molecule is O=C(NCCc1ccccc1)[C@@H]1CCCN1S(=O)(=O)c1ccc2ccccc2c1. The first kappa shape index (κ1) is 19.6. The van der Waals surface area contributed by atoms with E-state index in [2.05, 4.69) is 5.32 Å². The molecule has 1 amide bonds. The Morgan fingerprint density at radius 3 is 2.48 bits per heavy atom. The van der Waals surface area contributed by atoms with Crippen LogP contribution < -0.4 is 5.32 Å². The summed E-state index contributed by atoms with van der Waals surface area (Å²) in [6, 6.07) is 22.0. The average Bonchev–Trinajstić information content (AvgIpc) is 3.25. The van der Waals surface area contributed by atoms with E-state index in [1.807, 2.05) is 60.7 Å². The molecule has 0 unspecified atom stereocenters. The maximum absolute atomic E-state index is 13.2. The molecule has 1 N–H and O–H groups in total. The Hall–Kier alpha value is -2.70. The number of hydrogen-bond acceptors (Lipinski definition) is 3. The Morgan fingerprint density at radius 1 is 0.966 bits per heavy atom. The van der Waals surface area contributed by atoms with Crippen LogP contribution >= 0.6 is 0 Å². The van der Waals surface area contributed by atoms with Gasteiger partial charge in [-0.15, -0.1) is 0 Å². The zero-order valence-electron chi connectivity index (χ0n) is 16.1. The monoisotopic (exact) mass is 408 g/mol. The number of sulfonamides is 1. The van der Waals surface area contributed by atoms with Gasteiger partial charge in [0.2, 0.25) is 15.9 Å². The van der Waals surface area contributed by atoms with Crippen molar-refractivity contribution in [3.05, 3.63) is 78.4 Å². The van der Waals surface area contributed by atoms with Gasteiger partial charge in [0.05, 0.1) is 4.90 Å². The van der Waals surface area contributed by atoms with E-state index < -0.39 is 16.1 Å². The number of carbonyl (C=O) groups is 1. The number of carbonyl (C=O) groups excluding carboxylic acids is 1. The fraction of sp³-hybridized carbons (Fsp3) is 0.261. The van der Waals surface area contributed by atoms with E-state index in [9.17, 15) is 13.2 Å². The van der Waals surface area contributed by atoms with Crippen molar-refractivity contribution in [3.63, 3.8) is 0 Å². The van der Waals surface area contributed by atoms with E-state index in [0.717, 1.165) is 22.8 Å². The fourth-order valence-electron chi connectivity index (χ4n) is 3.85. The molecule has 1 aliphatic rings. The molecular weight excluding hydrogens is 384 g/mol. The quantitative estimate of drug-likeness (QED) is 0.680. The Balaban J connectivity index is 1.48. The third kappa shape index (κ3) is 4.18. The zero-order chi connectivity index (χ0) is 20.3. The van der Waals surface area contributed by atoms with Crippen LogP contribution in [0.25, 0.3) is 10.8 Å². The van der Waals surface area contributed by atoms with E-state index >= 15 is 0 Å². The van der Waals surface area contributed by atoms with Crippen molar-refractivity contribution in [1.82, 2.24) is 9.62 Å². The van der Waals surface area contributed by atoms with Gasteiger partial charge in [0, 0.05) is 13.1 Å². The smallest absolute Gasteiger partial charge is 0.243 e. The highest BCUT2D eigenvalue weighted by Crippen LogP contribution is 2.28. The van der Waals surface area contributed by atoms with Crippen molar-refractivity contribution in [2.75, 3.05) is 13.1 Å². The molecule has 1 saturated heterocycles. The molecule has 0 aromatic heterocycles.